The Morgan fingerprint density at radius 2 is 1.74 bits per heavy atom. The van der Waals surface area contributed by atoms with E-state index in [0.717, 1.165) is 52.0 Å². The van der Waals surface area contributed by atoms with E-state index in [1.807, 2.05) is 85.8 Å². The number of benzene rings is 3. The summed E-state index contributed by atoms with van der Waals surface area (Å²) in [7, 11) is 0. The molecule has 0 saturated heterocycles. The number of amides is 1. The Morgan fingerprint density at radius 1 is 0.968 bits per heavy atom. The molecule has 1 heterocycles. The van der Waals surface area contributed by atoms with Gasteiger partial charge in [0.2, 0.25) is 0 Å². The Bertz CT molecular complexity index is 1190. The number of aromatic nitrogens is 1. The Labute approximate surface area is 182 Å². The van der Waals surface area contributed by atoms with Crippen molar-refractivity contribution in [1.29, 1.82) is 0 Å². The monoisotopic (exact) mass is 410 g/mol. The zero-order valence-corrected chi connectivity index (χ0v) is 17.9. The van der Waals surface area contributed by atoms with Gasteiger partial charge in [0.25, 0.3) is 5.91 Å². The number of nitrogens with one attached hydrogen (secondary N) is 1. The van der Waals surface area contributed by atoms with E-state index in [1.54, 1.807) is 0 Å². The van der Waals surface area contributed by atoms with Gasteiger partial charge in [0.05, 0.1) is 23.4 Å². The Morgan fingerprint density at radius 3 is 2.48 bits per heavy atom. The number of pyridine rings is 1. The molecule has 1 aromatic heterocycles. The van der Waals surface area contributed by atoms with Gasteiger partial charge in [-0.3, -0.25) is 4.79 Å². The molecule has 0 spiro atoms. The molecule has 3 aromatic carbocycles. The van der Waals surface area contributed by atoms with Crippen molar-refractivity contribution >= 4 is 22.5 Å². The van der Waals surface area contributed by atoms with Gasteiger partial charge in [0.1, 0.15) is 5.75 Å². The first kappa shape index (κ1) is 20.6. The summed E-state index contributed by atoms with van der Waals surface area (Å²) in [6, 6.07) is 25.3. The van der Waals surface area contributed by atoms with E-state index in [9.17, 15) is 4.79 Å². The van der Waals surface area contributed by atoms with Crippen LogP contribution >= 0.6 is 0 Å². The lowest BCUT2D eigenvalue weighted by molar-refractivity contribution is 0.102. The van der Waals surface area contributed by atoms with Crippen LogP contribution < -0.4 is 10.1 Å². The van der Waals surface area contributed by atoms with Gasteiger partial charge in [-0.05, 0) is 55.8 Å². The zero-order chi connectivity index (χ0) is 21.6. The van der Waals surface area contributed by atoms with E-state index < -0.39 is 0 Å². The van der Waals surface area contributed by atoms with Crippen LogP contribution in [0.25, 0.3) is 22.2 Å². The maximum atomic E-state index is 13.2. The van der Waals surface area contributed by atoms with E-state index in [-0.39, 0.29) is 5.91 Å². The number of aryl methyl sites for hydroxylation is 1. The summed E-state index contributed by atoms with van der Waals surface area (Å²) in [5, 5.41) is 3.86. The summed E-state index contributed by atoms with van der Waals surface area (Å²) in [5.74, 6) is 0.651. The third-order valence-corrected chi connectivity index (χ3v) is 5.16. The van der Waals surface area contributed by atoms with Gasteiger partial charge in [0, 0.05) is 16.6 Å². The van der Waals surface area contributed by atoms with Gasteiger partial charge in [0.15, 0.2) is 0 Å². The quantitative estimate of drug-likeness (QED) is 0.347. The van der Waals surface area contributed by atoms with Gasteiger partial charge >= 0.3 is 0 Å². The molecule has 0 saturated carbocycles. The molecule has 1 amide bonds. The van der Waals surface area contributed by atoms with Gasteiger partial charge in [-0.25, -0.2) is 4.98 Å². The third kappa shape index (κ3) is 4.92. The zero-order valence-electron chi connectivity index (χ0n) is 17.9. The summed E-state index contributed by atoms with van der Waals surface area (Å²) < 4.78 is 5.71. The Kier molecular flexibility index (Phi) is 6.27. The highest BCUT2D eigenvalue weighted by molar-refractivity contribution is 6.13. The predicted molar refractivity (Wildman–Crippen MR) is 127 cm³/mol. The minimum Gasteiger partial charge on any atom is -0.494 e. The minimum atomic E-state index is -0.158. The average Bonchev–Trinajstić information content (AvgIpc) is 2.80. The van der Waals surface area contributed by atoms with Crippen LogP contribution in [0.2, 0.25) is 0 Å². The van der Waals surface area contributed by atoms with Crippen molar-refractivity contribution < 1.29 is 9.53 Å². The molecular weight excluding hydrogens is 384 g/mol. The highest BCUT2D eigenvalue weighted by Crippen LogP contribution is 2.27. The van der Waals surface area contributed by atoms with Crippen molar-refractivity contribution in [2.45, 2.75) is 26.7 Å². The first-order valence-electron chi connectivity index (χ1n) is 10.6. The molecule has 0 fully saturated rings. The molecule has 0 aliphatic carbocycles. The van der Waals surface area contributed by atoms with E-state index in [2.05, 4.69) is 12.2 Å². The van der Waals surface area contributed by atoms with E-state index in [4.69, 9.17) is 9.72 Å². The second-order valence-corrected chi connectivity index (χ2v) is 7.62. The van der Waals surface area contributed by atoms with Crippen molar-refractivity contribution in [3.8, 4) is 17.0 Å². The van der Waals surface area contributed by atoms with Crippen molar-refractivity contribution in [3.05, 3.63) is 90.0 Å². The van der Waals surface area contributed by atoms with Crippen LogP contribution in [0, 0.1) is 6.92 Å². The van der Waals surface area contributed by atoms with Crippen LogP contribution in [0.3, 0.4) is 0 Å². The van der Waals surface area contributed by atoms with Gasteiger partial charge < -0.3 is 10.1 Å². The highest BCUT2D eigenvalue weighted by atomic mass is 16.5. The number of carbonyl (C=O) groups is 1. The molecule has 156 valence electrons. The van der Waals surface area contributed by atoms with Crippen molar-refractivity contribution in [2.24, 2.45) is 0 Å². The maximum Gasteiger partial charge on any atom is 0.256 e. The summed E-state index contributed by atoms with van der Waals surface area (Å²) in [4.78, 5) is 18.0. The first-order valence-corrected chi connectivity index (χ1v) is 10.6. The summed E-state index contributed by atoms with van der Waals surface area (Å²) in [6.07, 6.45) is 2.12. The molecule has 1 N–H and O–H groups in total. The number of ether oxygens (including phenoxy) is 1. The van der Waals surface area contributed by atoms with Crippen molar-refractivity contribution in [1.82, 2.24) is 4.98 Å². The smallest absolute Gasteiger partial charge is 0.256 e. The molecule has 4 heteroatoms. The standard InChI is InChI=1S/C27H26N2O2/c1-3-4-16-31-22-13-11-21(12-14-22)28-27(30)24-18-26(20-8-6-5-7-9-20)29-25-15-10-19(2)17-23(24)25/h5-15,17-18H,3-4,16H2,1-2H3,(H,28,30). The molecule has 0 radical (unpaired) electrons. The van der Waals surface area contributed by atoms with Crippen LogP contribution in [0.5, 0.6) is 5.75 Å². The minimum absolute atomic E-state index is 0.158. The Hall–Kier alpha value is -3.66. The largest absolute Gasteiger partial charge is 0.494 e. The average molecular weight is 411 g/mol. The number of hydrogen-bond acceptors (Lipinski definition) is 3. The molecular formula is C27H26N2O2. The lowest BCUT2D eigenvalue weighted by Gasteiger charge is -2.12. The van der Waals surface area contributed by atoms with Gasteiger partial charge in [-0.15, -0.1) is 0 Å². The van der Waals surface area contributed by atoms with E-state index in [1.165, 1.54) is 0 Å². The molecule has 4 nitrogen and oxygen atoms in total. The predicted octanol–water partition coefficient (Wildman–Crippen LogP) is 6.64. The maximum absolute atomic E-state index is 13.2. The summed E-state index contributed by atoms with van der Waals surface area (Å²) >= 11 is 0. The summed E-state index contributed by atoms with van der Waals surface area (Å²) in [6.45, 7) is 4.85. The molecule has 0 atom stereocenters. The van der Waals surface area contributed by atoms with Crippen molar-refractivity contribution in [3.63, 3.8) is 0 Å². The second-order valence-electron chi connectivity index (χ2n) is 7.62. The lowest BCUT2D eigenvalue weighted by atomic mass is 10.0. The number of unbranched alkanes of at least 4 members (excludes halogenated alkanes) is 1. The number of carbonyl (C=O) groups excluding carboxylic acids is 1. The van der Waals surface area contributed by atoms with Crippen LogP contribution in [-0.4, -0.2) is 17.5 Å². The molecule has 4 aromatic rings. The van der Waals surface area contributed by atoms with Crippen molar-refractivity contribution in [2.75, 3.05) is 11.9 Å². The van der Waals surface area contributed by atoms with E-state index >= 15 is 0 Å². The number of anilines is 1. The number of nitrogens with zero attached hydrogens (tertiary/aromatic N) is 1. The van der Waals surface area contributed by atoms with Crippen LogP contribution in [0.15, 0.2) is 78.9 Å². The van der Waals surface area contributed by atoms with Crippen LogP contribution in [0.4, 0.5) is 5.69 Å². The normalized spacial score (nSPS) is 10.8. The molecule has 0 aliphatic rings. The highest BCUT2D eigenvalue weighted by Gasteiger charge is 2.15. The van der Waals surface area contributed by atoms with Crippen LogP contribution in [0.1, 0.15) is 35.7 Å². The lowest BCUT2D eigenvalue weighted by Crippen LogP contribution is -2.13. The second kappa shape index (κ2) is 9.43. The fourth-order valence-electron chi connectivity index (χ4n) is 3.45. The third-order valence-electron chi connectivity index (χ3n) is 5.16. The van der Waals surface area contributed by atoms with Crippen LogP contribution in [-0.2, 0) is 0 Å². The fourth-order valence-corrected chi connectivity index (χ4v) is 3.45. The number of hydrogen-bond donors (Lipinski definition) is 1. The Balaban J connectivity index is 1.64. The first-order chi connectivity index (χ1) is 15.1. The molecule has 0 aliphatic heterocycles. The molecule has 0 unspecified atom stereocenters. The van der Waals surface area contributed by atoms with Gasteiger partial charge in [-0.1, -0.05) is 55.3 Å². The van der Waals surface area contributed by atoms with Gasteiger partial charge in [-0.2, -0.15) is 0 Å². The number of rotatable bonds is 7. The number of fused-ring (bicyclic) bond motifs is 1. The summed E-state index contributed by atoms with van der Waals surface area (Å²) in [5.41, 5.74) is 4.98. The van der Waals surface area contributed by atoms with E-state index in [0.29, 0.717) is 12.2 Å². The fraction of sp³-hybridized carbons (Fsp3) is 0.185. The SMILES string of the molecule is CCCCOc1ccc(NC(=O)c2cc(-c3ccccc3)nc3ccc(C)cc23)cc1. The molecule has 31 heavy (non-hydrogen) atoms. The topological polar surface area (TPSA) is 51.2 Å². The molecule has 0 bridgehead atoms. The molecule has 4 rings (SSSR count).